The Balaban J connectivity index is 1.93. The number of rotatable bonds is 7. The molecule has 1 aromatic carbocycles. The molecule has 124 valence electrons. The van der Waals surface area contributed by atoms with Crippen LogP contribution in [0.1, 0.15) is 15.9 Å². The van der Waals surface area contributed by atoms with Gasteiger partial charge in [-0.1, -0.05) is 0 Å². The molecule has 0 bridgehead atoms. The summed E-state index contributed by atoms with van der Waals surface area (Å²) in [6.45, 7) is 0.308. The van der Waals surface area contributed by atoms with Gasteiger partial charge in [-0.25, -0.2) is 22.9 Å². The minimum atomic E-state index is -3.74. The number of anilines is 1. The summed E-state index contributed by atoms with van der Waals surface area (Å²) in [6, 6.07) is 10.1. The second kappa shape index (κ2) is 7.54. The number of benzene rings is 1. The van der Waals surface area contributed by atoms with Crippen LogP contribution in [0.4, 0.5) is 5.82 Å². The predicted octanol–water partition coefficient (Wildman–Crippen LogP) is 1.04. The molecule has 8 nitrogen and oxygen atoms in total. The molecule has 1 heterocycles. The molecule has 2 rings (SSSR count). The number of aromatic carboxylic acids is 1. The Hall–Kier alpha value is -2.96. The number of sulfonamides is 1. The summed E-state index contributed by atoms with van der Waals surface area (Å²) < 4.78 is 26.6. The van der Waals surface area contributed by atoms with Crippen LogP contribution in [0.2, 0.25) is 0 Å². The zero-order valence-electron chi connectivity index (χ0n) is 12.4. The van der Waals surface area contributed by atoms with E-state index >= 15 is 0 Å². The van der Waals surface area contributed by atoms with E-state index in [4.69, 9.17) is 10.4 Å². The largest absolute Gasteiger partial charge is 0.478 e. The Bertz CT molecular complexity index is 873. The summed E-state index contributed by atoms with van der Waals surface area (Å²) in [5, 5.41) is 20.6. The minimum absolute atomic E-state index is 0.00908. The molecule has 0 saturated heterocycles. The van der Waals surface area contributed by atoms with Gasteiger partial charge in [-0.2, -0.15) is 5.26 Å². The lowest BCUT2D eigenvalue weighted by atomic mass is 10.2. The number of hydrogen-bond acceptors (Lipinski definition) is 6. The van der Waals surface area contributed by atoms with Crippen molar-refractivity contribution in [3.63, 3.8) is 0 Å². The highest BCUT2D eigenvalue weighted by atomic mass is 32.2. The minimum Gasteiger partial charge on any atom is -0.478 e. The van der Waals surface area contributed by atoms with Gasteiger partial charge in [0.05, 0.1) is 16.0 Å². The second-order valence-corrected chi connectivity index (χ2v) is 6.43. The molecule has 0 saturated carbocycles. The van der Waals surface area contributed by atoms with Gasteiger partial charge in [0.15, 0.2) is 0 Å². The quantitative estimate of drug-likeness (QED) is 0.638. The fraction of sp³-hybridized carbons (Fsp3) is 0.133. The van der Waals surface area contributed by atoms with Gasteiger partial charge in [-0.15, -0.1) is 0 Å². The van der Waals surface area contributed by atoms with Crippen molar-refractivity contribution >= 4 is 21.8 Å². The maximum Gasteiger partial charge on any atom is 0.335 e. The van der Waals surface area contributed by atoms with Gasteiger partial charge in [-0.3, -0.25) is 0 Å². The van der Waals surface area contributed by atoms with E-state index in [1.807, 2.05) is 6.07 Å². The predicted molar refractivity (Wildman–Crippen MR) is 86.0 cm³/mol. The Kier molecular flexibility index (Phi) is 5.47. The van der Waals surface area contributed by atoms with E-state index in [1.165, 1.54) is 30.5 Å². The average molecular weight is 346 g/mol. The molecule has 0 radical (unpaired) electrons. The van der Waals surface area contributed by atoms with Crippen molar-refractivity contribution in [2.75, 3.05) is 18.4 Å². The van der Waals surface area contributed by atoms with Crippen LogP contribution in [0, 0.1) is 11.3 Å². The zero-order chi connectivity index (χ0) is 17.6. The van der Waals surface area contributed by atoms with Crippen LogP contribution in [0.25, 0.3) is 0 Å². The van der Waals surface area contributed by atoms with E-state index in [-0.39, 0.29) is 23.5 Å². The molecule has 0 aliphatic heterocycles. The lowest BCUT2D eigenvalue weighted by Gasteiger charge is -2.09. The van der Waals surface area contributed by atoms with Crippen LogP contribution in [0.5, 0.6) is 0 Å². The summed E-state index contributed by atoms with van der Waals surface area (Å²) in [7, 11) is -3.74. The van der Waals surface area contributed by atoms with Crippen LogP contribution in [-0.4, -0.2) is 37.6 Å². The van der Waals surface area contributed by atoms with E-state index in [0.717, 1.165) is 0 Å². The fourth-order valence-corrected chi connectivity index (χ4v) is 2.89. The first-order valence-electron chi connectivity index (χ1n) is 6.86. The second-order valence-electron chi connectivity index (χ2n) is 4.67. The molecular formula is C15H14N4O4S. The molecule has 0 fully saturated rings. The van der Waals surface area contributed by atoms with Gasteiger partial charge in [0.25, 0.3) is 0 Å². The molecule has 24 heavy (non-hydrogen) atoms. The van der Waals surface area contributed by atoms with E-state index in [1.54, 1.807) is 12.1 Å². The van der Waals surface area contributed by atoms with Gasteiger partial charge in [0, 0.05) is 19.3 Å². The summed E-state index contributed by atoms with van der Waals surface area (Å²) in [5.74, 6) is -0.746. The van der Waals surface area contributed by atoms with Crippen molar-refractivity contribution in [1.29, 1.82) is 5.26 Å². The Morgan fingerprint density at radius 1 is 1.21 bits per heavy atom. The molecule has 0 aliphatic rings. The molecule has 3 N–H and O–H groups in total. The van der Waals surface area contributed by atoms with Crippen molar-refractivity contribution < 1.29 is 18.3 Å². The van der Waals surface area contributed by atoms with E-state index in [2.05, 4.69) is 15.0 Å². The molecule has 9 heteroatoms. The van der Waals surface area contributed by atoms with Gasteiger partial charge in [0.1, 0.15) is 11.9 Å². The molecule has 2 aromatic rings. The summed E-state index contributed by atoms with van der Waals surface area (Å²) in [5.41, 5.74) is 0.374. The van der Waals surface area contributed by atoms with E-state index in [0.29, 0.717) is 11.4 Å². The van der Waals surface area contributed by atoms with Crippen molar-refractivity contribution in [1.82, 2.24) is 9.71 Å². The van der Waals surface area contributed by atoms with Crippen molar-refractivity contribution in [3.05, 3.63) is 53.7 Å². The number of hydrogen-bond donors (Lipinski definition) is 3. The fourth-order valence-electron chi connectivity index (χ4n) is 1.86. The third-order valence-electron chi connectivity index (χ3n) is 3.05. The number of carbonyl (C=O) groups is 1. The third kappa shape index (κ3) is 4.28. The standard InChI is InChI=1S/C15H14N4O4S/c16-10-12-2-1-7-17-14(12)18-8-9-19-24(22,23)13-5-3-11(4-6-13)15(20)21/h1-7,19H,8-9H2,(H,17,18)(H,20,21). The van der Waals surface area contributed by atoms with Gasteiger partial charge in [0.2, 0.25) is 10.0 Å². The number of carboxylic acid groups (broad SMARTS) is 1. The molecule has 0 atom stereocenters. The highest BCUT2D eigenvalue weighted by Gasteiger charge is 2.14. The van der Waals surface area contributed by atoms with Gasteiger partial charge < -0.3 is 10.4 Å². The maximum absolute atomic E-state index is 12.1. The number of nitrogens with one attached hydrogen (secondary N) is 2. The molecule has 0 aliphatic carbocycles. The monoisotopic (exact) mass is 346 g/mol. The normalized spacial score (nSPS) is 10.8. The summed E-state index contributed by atoms with van der Waals surface area (Å²) in [4.78, 5) is 14.7. The summed E-state index contributed by atoms with van der Waals surface area (Å²) in [6.07, 6.45) is 1.53. The molecule has 0 amide bonds. The Morgan fingerprint density at radius 2 is 1.92 bits per heavy atom. The average Bonchev–Trinajstić information content (AvgIpc) is 2.59. The lowest BCUT2D eigenvalue weighted by Crippen LogP contribution is -2.29. The number of carboxylic acids is 1. The van der Waals surface area contributed by atoms with Crippen LogP contribution in [0.3, 0.4) is 0 Å². The van der Waals surface area contributed by atoms with Gasteiger partial charge >= 0.3 is 5.97 Å². The zero-order valence-corrected chi connectivity index (χ0v) is 13.2. The Labute approximate surface area is 138 Å². The first kappa shape index (κ1) is 17.4. The number of nitriles is 1. The highest BCUT2D eigenvalue weighted by Crippen LogP contribution is 2.11. The van der Waals surface area contributed by atoms with E-state index < -0.39 is 16.0 Å². The first-order chi connectivity index (χ1) is 11.4. The Morgan fingerprint density at radius 3 is 2.54 bits per heavy atom. The van der Waals surface area contributed by atoms with Crippen LogP contribution in [-0.2, 0) is 10.0 Å². The van der Waals surface area contributed by atoms with Crippen LogP contribution in [0.15, 0.2) is 47.5 Å². The number of nitrogens with zero attached hydrogens (tertiary/aromatic N) is 2. The van der Waals surface area contributed by atoms with Crippen molar-refractivity contribution in [3.8, 4) is 6.07 Å². The van der Waals surface area contributed by atoms with Crippen LogP contribution < -0.4 is 10.0 Å². The number of aromatic nitrogens is 1. The molecule has 0 spiro atoms. The van der Waals surface area contributed by atoms with E-state index in [9.17, 15) is 13.2 Å². The third-order valence-corrected chi connectivity index (χ3v) is 4.53. The lowest BCUT2D eigenvalue weighted by molar-refractivity contribution is 0.0696. The molecular weight excluding hydrogens is 332 g/mol. The SMILES string of the molecule is N#Cc1cccnc1NCCNS(=O)(=O)c1ccc(C(=O)O)cc1. The highest BCUT2D eigenvalue weighted by molar-refractivity contribution is 7.89. The first-order valence-corrected chi connectivity index (χ1v) is 8.34. The molecule has 0 unspecified atom stereocenters. The molecule has 1 aromatic heterocycles. The topological polar surface area (TPSA) is 132 Å². The van der Waals surface area contributed by atoms with Crippen molar-refractivity contribution in [2.45, 2.75) is 4.90 Å². The smallest absolute Gasteiger partial charge is 0.335 e. The number of pyridine rings is 1. The summed E-state index contributed by atoms with van der Waals surface area (Å²) >= 11 is 0. The van der Waals surface area contributed by atoms with Crippen LogP contribution >= 0.6 is 0 Å². The van der Waals surface area contributed by atoms with Crippen molar-refractivity contribution in [2.24, 2.45) is 0 Å². The van der Waals surface area contributed by atoms with Gasteiger partial charge in [-0.05, 0) is 36.4 Å². The maximum atomic E-state index is 12.1.